The van der Waals surface area contributed by atoms with Gasteiger partial charge < -0.3 is 50.3 Å². The van der Waals surface area contributed by atoms with E-state index in [2.05, 4.69) is 185 Å². The smallest absolute Gasteiger partial charge is 0.255 e. The van der Waals surface area contributed by atoms with E-state index in [-0.39, 0.29) is 35.5 Å². The number of pyridine rings is 5. The van der Waals surface area contributed by atoms with E-state index >= 15 is 0 Å². The van der Waals surface area contributed by atoms with Crippen molar-refractivity contribution in [1.29, 1.82) is 0 Å². The molecule has 1 saturated carbocycles. The zero-order chi connectivity index (χ0) is 102. The molecule has 0 radical (unpaired) electrons. The number of ketones is 2. The number of anilines is 2. The number of benzene rings is 3. The van der Waals surface area contributed by atoms with Crippen molar-refractivity contribution in [3.8, 4) is 78.1 Å². The van der Waals surface area contributed by atoms with Crippen LogP contribution in [-0.2, 0) is 43.4 Å². The van der Waals surface area contributed by atoms with Crippen LogP contribution in [0.15, 0.2) is 312 Å². The fraction of sp³-hybridized carbons (Fsp3) is 0.177. The largest absolute Gasteiger partial charge is 0.343 e. The molecule has 0 bridgehead atoms. The average Bonchev–Trinajstić information content (AvgIpc) is 1.62. The minimum Gasteiger partial charge on any atom is -0.343 e. The highest BCUT2D eigenvalue weighted by molar-refractivity contribution is 6.08. The number of aryl methyl sites for hydroxylation is 3. The number of nitrogens with zero attached hydrogens (tertiary/aromatic N) is 24. The van der Waals surface area contributed by atoms with Crippen molar-refractivity contribution in [3.63, 3.8) is 0 Å². The number of likely N-dealkylation sites (tertiary alicyclic amines) is 1. The van der Waals surface area contributed by atoms with Crippen LogP contribution in [0.3, 0.4) is 0 Å². The van der Waals surface area contributed by atoms with E-state index in [9.17, 15) is 28.8 Å². The Bertz CT molecular complexity index is 9060. The Kier molecular flexibility index (Phi) is 26.9. The Balaban J connectivity index is 0.000000107. The average molecular weight is 1990 g/mol. The Morgan fingerprint density at radius 2 is 0.800 bits per heavy atom. The summed E-state index contributed by atoms with van der Waals surface area (Å²) >= 11 is 0. The van der Waals surface area contributed by atoms with Gasteiger partial charge in [0.2, 0.25) is 17.7 Å². The number of aromatic nitrogens is 25. The van der Waals surface area contributed by atoms with Crippen LogP contribution in [0.25, 0.3) is 161 Å². The van der Waals surface area contributed by atoms with E-state index in [1.165, 1.54) is 17.7 Å². The third-order valence-corrected chi connectivity index (χ3v) is 27.0. The van der Waals surface area contributed by atoms with Gasteiger partial charge in [0, 0.05) is 226 Å². The number of likely N-dealkylation sites (N-methyl/N-ethyl adjacent to an activating group) is 1. The van der Waals surface area contributed by atoms with Gasteiger partial charge in [0.25, 0.3) is 5.91 Å². The van der Waals surface area contributed by atoms with Crippen LogP contribution >= 0.6 is 0 Å². The first-order valence-electron chi connectivity index (χ1n) is 49.4. The van der Waals surface area contributed by atoms with Crippen molar-refractivity contribution < 1.29 is 28.8 Å². The second kappa shape index (κ2) is 42.3. The molecule has 20 aromatic heterocycles. The van der Waals surface area contributed by atoms with Gasteiger partial charge in [-0.1, -0.05) is 55.1 Å². The zero-order valence-electron chi connectivity index (χ0n) is 82.1. The van der Waals surface area contributed by atoms with Crippen LogP contribution in [0, 0.1) is 12.8 Å². The quantitative estimate of drug-likeness (QED) is 0.0276. The normalized spacial score (nSPS) is 13.6. The van der Waals surface area contributed by atoms with Crippen molar-refractivity contribution in [3.05, 3.63) is 341 Å². The lowest BCUT2D eigenvalue weighted by Crippen LogP contribution is -2.54. The highest BCUT2D eigenvalue weighted by Crippen LogP contribution is 2.40. The number of fused-ring (bicyclic) bond motifs is 10. The number of Topliss-reactive ketones (excluding diaryl/α,β-unsaturated/α-hetero) is 2. The lowest BCUT2D eigenvalue weighted by atomic mass is 10.0. The molecule has 26 rings (SSSR count). The number of aromatic amines is 5. The molecular formula is C113H101N31O6. The van der Waals surface area contributed by atoms with Crippen LogP contribution in [0.1, 0.15) is 71.5 Å². The first-order valence-corrected chi connectivity index (χ1v) is 49.4. The number of piperazine rings is 1. The molecule has 37 heteroatoms. The van der Waals surface area contributed by atoms with Gasteiger partial charge in [-0.25, -0.2) is 24.9 Å². The molecule has 1 aliphatic carbocycles. The van der Waals surface area contributed by atoms with Gasteiger partial charge in [0.1, 0.15) is 45.8 Å². The fourth-order valence-electron chi connectivity index (χ4n) is 19.6. The Morgan fingerprint density at radius 1 is 0.393 bits per heavy atom. The van der Waals surface area contributed by atoms with Gasteiger partial charge in [-0.15, -0.1) is 0 Å². The van der Waals surface area contributed by atoms with Crippen molar-refractivity contribution >= 4 is 129 Å². The van der Waals surface area contributed by atoms with E-state index in [1.807, 2.05) is 182 Å². The third-order valence-electron chi connectivity index (χ3n) is 27.0. The minimum absolute atomic E-state index is 0.0599. The van der Waals surface area contributed by atoms with Gasteiger partial charge in [-0.05, 0) is 263 Å². The third kappa shape index (κ3) is 20.3. The molecule has 3 aromatic carbocycles. The maximum absolute atomic E-state index is 13.1. The molecule has 3 fully saturated rings. The first-order chi connectivity index (χ1) is 73.4. The molecule has 150 heavy (non-hydrogen) atoms. The number of amides is 4. The molecule has 22 heterocycles. The second-order valence-electron chi connectivity index (χ2n) is 37.3. The van der Waals surface area contributed by atoms with Crippen molar-refractivity contribution in [2.24, 2.45) is 5.92 Å². The van der Waals surface area contributed by atoms with Gasteiger partial charge in [0.15, 0.2) is 0 Å². The summed E-state index contributed by atoms with van der Waals surface area (Å²) < 4.78 is 8.13. The Labute approximate surface area is 856 Å². The Morgan fingerprint density at radius 3 is 1.23 bits per heavy atom. The van der Waals surface area contributed by atoms with Gasteiger partial charge in [-0.3, -0.25) is 33.7 Å². The highest BCUT2D eigenvalue weighted by Gasteiger charge is 2.37. The van der Waals surface area contributed by atoms with Crippen LogP contribution in [0.5, 0.6) is 0 Å². The summed E-state index contributed by atoms with van der Waals surface area (Å²) in [4.78, 5) is 121. The predicted molar refractivity (Wildman–Crippen MR) is 574 cm³/mol. The zero-order valence-corrected chi connectivity index (χ0v) is 82.1. The highest BCUT2D eigenvalue weighted by atomic mass is 16.2. The molecule has 4 amide bonds. The molecular weight excluding hydrogens is 1890 g/mol. The van der Waals surface area contributed by atoms with Gasteiger partial charge >= 0.3 is 0 Å². The molecule has 2 aliphatic heterocycles. The Hall–Kier alpha value is -19.2. The summed E-state index contributed by atoms with van der Waals surface area (Å²) in [6, 6.07) is 62.4. The van der Waals surface area contributed by atoms with Crippen molar-refractivity contribution in [2.75, 3.05) is 64.0 Å². The monoisotopic (exact) mass is 1990 g/mol. The van der Waals surface area contributed by atoms with Crippen molar-refractivity contribution in [2.45, 2.75) is 70.9 Å². The molecule has 0 unspecified atom stereocenters. The summed E-state index contributed by atoms with van der Waals surface area (Å²) in [7, 11) is 3.81. The summed E-state index contributed by atoms with van der Waals surface area (Å²) in [5, 5.41) is 53.7. The van der Waals surface area contributed by atoms with E-state index in [0.717, 1.165) is 230 Å². The first kappa shape index (κ1) is 95.7. The molecule has 7 N–H and O–H groups in total. The number of H-pyrrole nitrogens is 5. The second-order valence-corrected chi connectivity index (χ2v) is 37.3. The fourth-order valence-corrected chi connectivity index (χ4v) is 19.6. The van der Waals surface area contributed by atoms with E-state index < -0.39 is 0 Å². The molecule has 37 nitrogen and oxygen atoms in total. The van der Waals surface area contributed by atoms with Crippen LogP contribution in [0.4, 0.5) is 11.4 Å². The van der Waals surface area contributed by atoms with Gasteiger partial charge in [-0.2, -0.15) is 74.1 Å². The van der Waals surface area contributed by atoms with E-state index in [4.69, 9.17) is 0 Å². The maximum Gasteiger partial charge on any atom is 0.255 e. The predicted octanol–water partition coefficient (Wildman–Crippen LogP) is 17.2. The number of nitrogens with one attached hydrogen (secondary N) is 7. The summed E-state index contributed by atoms with van der Waals surface area (Å²) in [5.74, 6) is 0.213. The lowest BCUT2D eigenvalue weighted by molar-refractivity contribution is -0.143. The van der Waals surface area contributed by atoms with E-state index in [1.54, 1.807) is 108 Å². The number of hydrogen-bond acceptors (Lipinski definition) is 23. The molecule has 0 spiro atoms. The van der Waals surface area contributed by atoms with Gasteiger partial charge in [0.05, 0.1) is 65.1 Å². The summed E-state index contributed by atoms with van der Waals surface area (Å²) in [5.41, 5.74) is 29.1. The molecule has 1 atom stereocenters. The number of rotatable bonds is 24. The maximum atomic E-state index is 13.1. The number of carbonyl (C=O) groups excluding carboxylic acids is 6. The van der Waals surface area contributed by atoms with E-state index in [0.29, 0.717) is 74.1 Å². The van der Waals surface area contributed by atoms with Crippen LogP contribution in [0.2, 0.25) is 0 Å². The molecule has 23 aromatic rings. The number of hydrogen-bond donors (Lipinski definition) is 7. The van der Waals surface area contributed by atoms with Crippen molar-refractivity contribution in [1.82, 2.24) is 144 Å². The molecule has 3 aliphatic rings. The minimum atomic E-state index is -0.352. The summed E-state index contributed by atoms with van der Waals surface area (Å²) in [6.45, 7) is 13.8. The van der Waals surface area contributed by atoms with Crippen LogP contribution in [-0.4, -0.2) is 238 Å². The standard InChI is InChI=1S/C29H21N7O2.C26H28N8O2.C20H15N5.C19H20N6O.C19H17N5O/c1-2-27(37)33-20-8-4-7-19(15-20)29(38)34-21-9-3-6-18(14-21)25-16-23-22(11-13-30-28(23)35-25)24-17-32-36-26(24)10-5-12-31-36;1-2-24(35)33-10-4-6-23(33)26(36)32-13-11-31(12-14-32)17-18-15-20-19(7-9-27-25(20)30-18)21-16-29-34-22(21)5-3-8-28-34;1-13-4-2-5-14(10-13)18-11-16-15(7-9-21-20(16)24-18)17-12-23-25-19(17)6-3-8-22-25;1-24(2)12-14(26)6-5-13-10-16-15(7-9-20-19(16)23-13)17-11-22-25-18(17)4-3-8-21-25;25-18(12-3-4-12)6-5-13-10-15-14(7-9-20-19(15)23-13)16-11-22-24-17(16)2-1-8-21-24/h2-17H,1H2,(H,30,35)(H,33,37)(H,34,38);2-3,5,7-9,15-16,23H,1,4,6,10-14,17H2,(H,27,30);2-12H,1H3,(H,21,24);3-4,7-11H,5-6,12H2,1-2H3,(H,20,23);1-2,7-12H,3-6H2,(H,20,23)/t;23-;;;/m.0.../s1. The number of carbonyl (C=O) groups is 6. The topological polar surface area (TPSA) is 434 Å². The lowest BCUT2D eigenvalue weighted by Gasteiger charge is -2.37. The summed E-state index contributed by atoms with van der Waals surface area (Å²) in [6.07, 6.45) is 35.5. The SMILES string of the molecule is C=CC(=O)N1CCC[C@H]1C(=O)N1CCN(Cc2cc3c(-c4cnn5ncccc45)ccnc3[nH]2)CC1.C=CC(=O)Nc1cccc(C(=O)Nc2cccc(-c3cc4c(-c5cnn6ncccc56)ccnc4[nH]3)c2)c1.CN(C)CC(=O)CCc1cc2c(-c3cnn4ncccc34)ccnc2[nH]1.Cc1cccc(-c2cc3c(-c4cnn5ncccc45)ccnc3[nH]2)c1.O=C(CCc1cc2c(-c3cnn4ncccc34)ccnc2[nH]1)C1CC1. The van der Waals surface area contributed by atoms with Crippen LogP contribution < -0.4 is 10.6 Å². The molecule has 744 valence electrons. The molecule has 2 saturated heterocycles.